The summed E-state index contributed by atoms with van der Waals surface area (Å²) < 4.78 is 47.5. The Morgan fingerprint density at radius 3 is 2.28 bits per heavy atom. The van der Waals surface area contributed by atoms with E-state index in [1.165, 1.54) is 57.7 Å². The van der Waals surface area contributed by atoms with Crippen molar-refractivity contribution in [1.82, 2.24) is 34.7 Å². The Kier molecular flexibility index (Phi) is 7.37. The summed E-state index contributed by atoms with van der Waals surface area (Å²) >= 11 is 5.86. The molecule has 190 valence electrons. The largest absolute Gasteiger partial charge is 0.494 e. The van der Waals surface area contributed by atoms with E-state index in [0.29, 0.717) is 27.9 Å². The molecule has 0 bridgehead atoms. The summed E-state index contributed by atoms with van der Waals surface area (Å²) in [7, 11) is 0.213. The number of H-pyrrole nitrogens is 1. The van der Waals surface area contributed by atoms with Crippen molar-refractivity contribution in [2.24, 2.45) is 0 Å². The van der Waals surface area contributed by atoms with Crippen molar-refractivity contribution < 1.29 is 22.6 Å². The molecule has 1 aromatic carbocycles. The van der Waals surface area contributed by atoms with E-state index in [4.69, 9.17) is 25.8 Å². The number of anilines is 1. The Labute approximate surface area is 211 Å². The highest BCUT2D eigenvalue weighted by atomic mass is 35.5. The number of ether oxygens (including phenoxy) is 3. The maximum atomic E-state index is 13.5. The van der Waals surface area contributed by atoms with Gasteiger partial charge in [0.25, 0.3) is 0 Å². The molecule has 0 aliphatic heterocycles. The van der Waals surface area contributed by atoms with Crippen molar-refractivity contribution in [3.05, 3.63) is 54.0 Å². The third-order valence-corrected chi connectivity index (χ3v) is 7.21. The number of halogens is 1. The highest BCUT2D eigenvalue weighted by molar-refractivity contribution is 7.93. The van der Waals surface area contributed by atoms with Crippen molar-refractivity contribution in [1.29, 1.82) is 0 Å². The van der Waals surface area contributed by atoms with Gasteiger partial charge in [0.1, 0.15) is 34.2 Å². The summed E-state index contributed by atoms with van der Waals surface area (Å²) in [6.45, 7) is 1.47. The number of rotatable bonds is 10. The second kappa shape index (κ2) is 10.5. The molecule has 0 spiro atoms. The number of para-hydroxylation sites is 1. The first kappa shape index (κ1) is 25.3. The molecule has 4 aromatic rings. The predicted molar refractivity (Wildman–Crippen MR) is 131 cm³/mol. The maximum Gasteiger partial charge on any atom is 0.243 e. The fraction of sp³-hybridized carbons (Fsp3) is 0.286. The molecule has 0 amide bonds. The first-order chi connectivity index (χ1) is 17.3. The molecule has 13 nitrogen and oxygen atoms in total. The molecular weight excluding hydrogens is 512 g/mol. The van der Waals surface area contributed by atoms with Crippen molar-refractivity contribution in [2.75, 3.05) is 26.1 Å². The lowest BCUT2D eigenvalue weighted by Crippen LogP contribution is -2.33. The van der Waals surface area contributed by atoms with Gasteiger partial charge in [-0.2, -0.15) is 0 Å². The lowest BCUT2D eigenvalue weighted by molar-refractivity contribution is 0.0950. The van der Waals surface area contributed by atoms with Crippen LogP contribution in [0.1, 0.15) is 18.9 Å². The van der Waals surface area contributed by atoms with Gasteiger partial charge in [-0.05, 0) is 19.1 Å². The zero-order valence-electron chi connectivity index (χ0n) is 19.7. The molecule has 2 N–H and O–H groups in total. The highest BCUT2D eigenvalue weighted by Crippen LogP contribution is 2.37. The van der Waals surface area contributed by atoms with E-state index in [0.717, 1.165) is 0 Å². The van der Waals surface area contributed by atoms with Crippen LogP contribution in [0.3, 0.4) is 0 Å². The molecule has 36 heavy (non-hydrogen) atoms. The van der Waals surface area contributed by atoms with Gasteiger partial charge in [0.15, 0.2) is 11.6 Å². The number of sulfonamides is 1. The summed E-state index contributed by atoms with van der Waals surface area (Å²) in [5.74, 6) is 1.11. The van der Waals surface area contributed by atoms with E-state index in [1.54, 1.807) is 18.2 Å². The first-order valence-electron chi connectivity index (χ1n) is 10.5. The van der Waals surface area contributed by atoms with Crippen LogP contribution in [0.2, 0.25) is 5.02 Å². The third-order valence-electron chi connectivity index (χ3n) is 5.33. The van der Waals surface area contributed by atoms with Crippen molar-refractivity contribution in [3.63, 3.8) is 0 Å². The minimum absolute atomic E-state index is 0.110. The fourth-order valence-electron chi connectivity index (χ4n) is 3.53. The molecule has 2 unspecified atom stereocenters. The van der Waals surface area contributed by atoms with Gasteiger partial charge in [0.2, 0.25) is 16.0 Å². The van der Waals surface area contributed by atoms with Crippen molar-refractivity contribution >= 4 is 27.6 Å². The molecule has 2 atom stereocenters. The molecule has 15 heteroatoms. The van der Waals surface area contributed by atoms with Crippen LogP contribution in [0.5, 0.6) is 11.5 Å². The van der Waals surface area contributed by atoms with Crippen molar-refractivity contribution in [2.45, 2.75) is 18.3 Å². The quantitative estimate of drug-likeness (QED) is 0.309. The zero-order valence-corrected chi connectivity index (χ0v) is 21.3. The maximum absolute atomic E-state index is 13.5. The second-order valence-corrected chi connectivity index (χ2v) is 9.90. The van der Waals surface area contributed by atoms with Gasteiger partial charge in [-0.15, -0.1) is 10.2 Å². The van der Waals surface area contributed by atoms with Crippen LogP contribution in [0.15, 0.2) is 43.1 Å². The van der Waals surface area contributed by atoms with Crippen molar-refractivity contribution in [3.8, 4) is 28.7 Å². The smallest absolute Gasteiger partial charge is 0.243 e. The summed E-state index contributed by atoms with van der Waals surface area (Å²) in [4.78, 5) is 15.2. The molecule has 0 aliphatic rings. The van der Waals surface area contributed by atoms with Crippen LogP contribution in [-0.2, 0) is 14.8 Å². The average molecular weight is 535 g/mol. The minimum atomic E-state index is -4.13. The normalized spacial score (nSPS) is 13.2. The third kappa shape index (κ3) is 4.82. The predicted octanol–water partition coefficient (Wildman–Crippen LogP) is 2.64. The van der Waals surface area contributed by atoms with Crippen LogP contribution in [0.4, 0.5) is 5.95 Å². The van der Waals surface area contributed by atoms with Gasteiger partial charge < -0.3 is 19.2 Å². The molecule has 0 aliphatic carbocycles. The number of hydrogen-bond acceptors (Lipinski definition) is 10. The lowest BCUT2D eigenvalue weighted by Gasteiger charge is -2.22. The standard InChI is InChI=1S/C21H23ClN8O5S/c1-12(18(35-4)19-24-8-13(22)9-25-19)36(31,32)29-21-28-27-20(14-10-23-11-26-14)30(21)17-15(33-2)6-5-7-16(17)34-3/h5-12,18H,1-4H3,(H,23,26)(H,28,29). The summed E-state index contributed by atoms with van der Waals surface area (Å²) in [6.07, 6.45) is 4.73. The SMILES string of the molecule is COc1cccc(OC)c1-n1c(NS(=O)(=O)C(C)C(OC)c2ncc(Cl)cn2)nnc1-c1cnc[nH]1. The van der Waals surface area contributed by atoms with Gasteiger partial charge >= 0.3 is 0 Å². The minimum Gasteiger partial charge on any atom is -0.494 e. The van der Waals surface area contributed by atoms with Crippen LogP contribution in [0, 0.1) is 0 Å². The van der Waals surface area contributed by atoms with E-state index in [1.807, 2.05) is 0 Å². The molecule has 0 fully saturated rings. The highest BCUT2D eigenvalue weighted by Gasteiger charge is 2.35. The average Bonchev–Trinajstić information content (AvgIpc) is 3.54. The Morgan fingerprint density at radius 1 is 1.06 bits per heavy atom. The van der Waals surface area contributed by atoms with Crippen LogP contribution < -0.4 is 14.2 Å². The van der Waals surface area contributed by atoms with E-state index < -0.39 is 21.4 Å². The Morgan fingerprint density at radius 2 is 1.72 bits per heavy atom. The summed E-state index contributed by atoms with van der Waals surface area (Å²) in [5, 5.41) is 7.48. The lowest BCUT2D eigenvalue weighted by atomic mass is 10.2. The second-order valence-electron chi connectivity index (χ2n) is 7.43. The Hall–Kier alpha value is -3.75. The number of benzene rings is 1. The van der Waals surface area contributed by atoms with Gasteiger partial charge in [-0.1, -0.05) is 17.7 Å². The van der Waals surface area contributed by atoms with Gasteiger partial charge in [-0.25, -0.2) is 23.4 Å². The number of aromatic nitrogens is 7. The van der Waals surface area contributed by atoms with Gasteiger partial charge in [0, 0.05) is 19.5 Å². The molecule has 3 aromatic heterocycles. The first-order valence-corrected chi connectivity index (χ1v) is 12.4. The molecule has 3 heterocycles. The summed E-state index contributed by atoms with van der Waals surface area (Å²) in [6, 6.07) is 5.14. The van der Waals surface area contributed by atoms with Crippen LogP contribution in [0.25, 0.3) is 17.2 Å². The molecular formula is C21H23ClN8O5S. The molecule has 4 rings (SSSR count). The fourth-order valence-corrected chi connectivity index (χ4v) is 4.75. The number of imidazole rings is 1. The van der Waals surface area contributed by atoms with E-state index >= 15 is 0 Å². The Bertz CT molecular complexity index is 1410. The Balaban J connectivity index is 1.81. The number of aromatic amines is 1. The van der Waals surface area contributed by atoms with E-state index in [-0.39, 0.29) is 17.6 Å². The van der Waals surface area contributed by atoms with E-state index in [2.05, 4.69) is 34.9 Å². The van der Waals surface area contributed by atoms with Gasteiger partial charge in [0.05, 0.1) is 31.8 Å². The molecule has 0 saturated carbocycles. The molecule has 0 radical (unpaired) electrons. The zero-order chi connectivity index (χ0) is 25.9. The summed E-state index contributed by atoms with van der Waals surface area (Å²) in [5.41, 5.74) is 0.866. The molecule has 0 saturated heterocycles. The number of nitrogens with one attached hydrogen (secondary N) is 2. The number of methoxy groups -OCH3 is 3. The van der Waals surface area contributed by atoms with Gasteiger partial charge in [-0.3, -0.25) is 9.29 Å². The number of nitrogens with zero attached hydrogens (tertiary/aromatic N) is 6. The van der Waals surface area contributed by atoms with E-state index in [9.17, 15) is 8.42 Å². The van der Waals surface area contributed by atoms with Crippen LogP contribution in [-0.4, -0.2) is 69.7 Å². The monoisotopic (exact) mass is 534 g/mol. The topological polar surface area (TPSA) is 159 Å². The van der Waals surface area contributed by atoms with Crippen LogP contribution >= 0.6 is 11.6 Å². The number of hydrogen-bond donors (Lipinski definition) is 2.